The summed E-state index contributed by atoms with van der Waals surface area (Å²) < 4.78 is 0. The summed E-state index contributed by atoms with van der Waals surface area (Å²) in [5.41, 5.74) is 0.356. The van der Waals surface area contributed by atoms with E-state index in [1.807, 2.05) is 0 Å². The molecule has 0 amide bonds. The zero-order chi connectivity index (χ0) is 29.8. The molecule has 6 saturated carbocycles. The van der Waals surface area contributed by atoms with E-state index >= 15 is 0 Å². The van der Waals surface area contributed by atoms with Crippen molar-refractivity contribution in [3.63, 3.8) is 0 Å². The van der Waals surface area contributed by atoms with Gasteiger partial charge in [-0.1, -0.05) is 149 Å². The van der Waals surface area contributed by atoms with E-state index in [0.717, 1.165) is 35.5 Å². The third-order valence-electron chi connectivity index (χ3n) is 15.7. The van der Waals surface area contributed by atoms with Crippen LogP contribution in [0.2, 0.25) is 0 Å². The van der Waals surface area contributed by atoms with Gasteiger partial charge in [0.2, 0.25) is 0 Å². The van der Waals surface area contributed by atoms with Gasteiger partial charge in [0.05, 0.1) is 12.2 Å². The Balaban J connectivity index is 1.31. The SMILES string of the molecule is CCCC(C)(C1CC(C2CCCCC2)C(O)C(C2CCCCC2)C1)C1CC(C2CCCCC2)C(O)C(C2CCCCC2)C1. The van der Waals surface area contributed by atoms with Crippen LogP contribution in [0.3, 0.4) is 0 Å². The largest absolute Gasteiger partial charge is 0.393 e. The van der Waals surface area contributed by atoms with Crippen LogP contribution < -0.4 is 0 Å². The fourth-order valence-corrected chi connectivity index (χ4v) is 13.2. The quantitative estimate of drug-likeness (QED) is 0.292. The van der Waals surface area contributed by atoms with Crippen molar-refractivity contribution in [3.8, 4) is 0 Å². The van der Waals surface area contributed by atoms with Gasteiger partial charge < -0.3 is 10.2 Å². The van der Waals surface area contributed by atoms with Crippen molar-refractivity contribution >= 4 is 0 Å². The van der Waals surface area contributed by atoms with Gasteiger partial charge in [-0.15, -0.1) is 0 Å². The molecule has 248 valence electrons. The molecule has 0 bridgehead atoms. The average molecular weight is 597 g/mol. The maximum absolute atomic E-state index is 12.2. The lowest BCUT2D eigenvalue weighted by atomic mass is 9.49. The van der Waals surface area contributed by atoms with Crippen molar-refractivity contribution in [3.05, 3.63) is 0 Å². The highest BCUT2D eigenvalue weighted by atomic mass is 16.3. The lowest BCUT2D eigenvalue weighted by molar-refractivity contribution is -0.126. The summed E-state index contributed by atoms with van der Waals surface area (Å²) >= 11 is 0. The van der Waals surface area contributed by atoms with Gasteiger partial charge in [0.1, 0.15) is 0 Å². The van der Waals surface area contributed by atoms with Crippen molar-refractivity contribution in [2.24, 2.45) is 64.6 Å². The van der Waals surface area contributed by atoms with Crippen LogP contribution in [-0.4, -0.2) is 22.4 Å². The van der Waals surface area contributed by atoms with Crippen LogP contribution >= 0.6 is 0 Å². The monoisotopic (exact) mass is 597 g/mol. The van der Waals surface area contributed by atoms with Gasteiger partial charge in [0.15, 0.2) is 0 Å². The summed E-state index contributed by atoms with van der Waals surface area (Å²) in [7, 11) is 0. The Hall–Kier alpha value is -0.0800. The maximum Gasteiger partial charge on any atom is 0.0602 e. The first-order valence-corrected chi connectivity index (χ1v) is 20.4. The van der Waals surface area contributed by atoms with Crippen LogP contribution in [0.25, 0.3) is 0 Å². The molecule has 2 N–H and O–H groups in total. The molecule has 0 heterocycles. The lowest BCUT2D eigenvalue weighted by Crippen LogP contribution is -2.53. The Morgan fingerprint density at radius 2 is 0.698 bits per heavy atom. The van der Waals surface area contributed by atoms with Gasteiger partial charge in [-0.3, -0.25) is 0 Å². The number of aliphatic hydroxyl groups excluding tert-OH is 2. The van der Waals surface area contributed by atoms with E-state index in [4.69, 9.17) is 0 Å². The minimum absolute atomic E-state index is 0.0496. The molecule has 0 aromatic heterocycles. The molecule has 6 aliphatic carbocycles. The molecule has 0 aromatic carbocycles. The molecular weight excluding hydrogens is 524 g/mol. The molecule has 6 fully saturated rings. The Morgan fingerprint density at radius 3 is 0.930 bits per heavy atom. The minimum atomic E-state index is -0.0496. The Morgan fingerprint density at radius 1 is 0.442 bits per heavy atom. The second-order valence-corrected chi connectivity index (χ2v) is 17.8. The first kappa shape index (κ1) is 32.8. The highest BCUT2D eigenvalue weighted by Crippen LogP contribution is 2.60. The van der Waals surface area contributed by atoms with Crippen molar-refractivity contribution in [1.82, 2.24) is 0 Å². The molecule has 2 heteroatoms. The van der Waals surface area contributed by atoms with Crippen LogP contribution in [0.4, 0.5) is 0 Å². The standard InChI is InChI=1S/C41H72O2/c1-3-24-41(2,33-25-35(29-16-8-4-9-17-29)39(42)36(26-33)30-18-10-5-11-19-30)34-27-37(31-20-12-6-13-21-31)40(43)38(28-34)32-22-14-7-15-23-32/h29-40,42-43H,3-28H2,1-2H3. The van der Waals surface area contributed by atoms with Gasteiger partial charge in [0, 0.05) is 0 Å². The molecule has 0 radical (unpaired) electrons. The van der Waals surface area contributed by atoms with E-state index in [-0.39, 0.29) is 12.2 Å². The number of hydrogen-bond donors (Lipinski definition) is 2. The fourth-order valence-electron chi connectivity index (χ4n) is 13.2. The second kappa shape index (κ2) is 15.2. The Kier molecular flexibility index (Phi) is 11.6. The van der Waals surface area contributed by atoms with Crippen LogP contribution in [0.1, 0.15) is 181 Å². The second-order valence-electron chi connectivity index (χ2n) is 17.8. The van der Waals surface area contributed by atoms with Gasteiger partial charge >= 0.3 is 0 Å². The van der Waals surface area contributed by atoms with Crippen molar-refractivity contribution in [1.29, 1.82) is 0 Å². The highest BCUT2D eigenvalue weighted by Gasteiger charge is 2.54. The first-order valence-electron chi connectivity index (χ1n) is 20.4. The topological polar surface area (TPSA) is 40.5 Å². The van der Waals surface area contributed by atoms with Gasteiger partial charge in [-0.25, -0.2) is 0 Å². The molecule has 0 aromatic rings. The summed E-state index contributed by atoms with van der Waals surface area (Å²) in [6, 6.07) is 0. The predicted octanol–water partition coefficient (Wildman–Crippen LogP) is 11.1. The molecule has 6 aliphatic rings. The number of rotatable bonds is 8. The highest BCUT2D eigenvalue weighted by molar-refractivity contribution is 5.03. The molecule has 6 rings (SSSR count). The molecular formula is C41H72O2. The molecule has 0 saturated heterocycles. The fraction of sp³-hybridized carbons (Fsp3) is 1.00. The minimum Gasteiger partial charge on any atom is -0.393 e. The molecule has 43 heavy (non-hydrogen) atoms. The zero-order valence-corrected chi connectivity index (χ0v) is 28.7. The normalized spacial score (nSPS) is 41.6. The Labute approximate surface area is 267 Å². The van der Waals surface area contributed by atoms with Crippen LogP contribution in [0.15, 0.2) is 0 Å². The lowest BCUT2D eigenvalue weighted by Gasteiger charge is -2.57. The van der Waals surface area contributed by atoms with Gasteiger partial charge in [0.25, 0.3) is 0 Å². The van der Waals surface area contributed by atoms with E-state index in [9.17, 15) is 10.2 Å². The molecule has 2 nitrogen and oxygen atoms in total. The molecule has 0 aliphatic heterocycles. The van der Waals surface area contributed by atoms with Crippen molar-refractivity contribution < 1.29 is 10.2 Å². The third kappa shape index (κ3) is 7.26. The summed E-state index contributed by atoms with van der Waals surface area (Å²) in [5, 5.41) is 24.4. The molecule has 0 spiro atoms. The number of aliphatic hydroxyl groups is 2. The average Bonchev–Trinajstić information content (AvgIpc) is 3.06. The van der Waals surface area contributed by atoms with Crippen LogP contribution in [0, 0.1) is 64.6 Å². The summed E-state index contributed by atoms with van der Waals surface area (Å²) in [6.07, 6.45) is 35.6. The van der Waals surface area contributed by atoms with E-state index in [1.165, 1.54) is 167 Å². The first-order chi connectivity index (χ1) is 21.0. The Bertz CT molecular complexity index is 696. The van der Waals surface area contributed by atoms with E-state index in [0.29, 0.717) is 29.1 Å². The van der Waals surface area contributed by atoms with Gasteiger partial charge in [-0.05, 0) is 96.7 Å². The smallest absolute Gasteiger partial charge is 0.0602 e. The number of hydrogen-bond acceptors (Lipinski definition) is 2. The van der Waals surface area contributed by atoms with Gasteiger partial charge in [-0.2, -0.15) is 0 Å². The summed E-state index contributed by atoms with van der Waals surface area (Å²) in [5.74, 6) is 6.74. The molecule has 4 atom stereocenters. The van der Waals surface area contributed by atoms with Crippen LogP contribution in [-0.2, 0) is 0 Å². The molecule has 4 unspecified atom stereocenters. The van der Waals surface area contributed by atoms with Crippen LogP contribution in [0.5, 0.6) is 0 Å². The van der Waals surface area contributed by atoms with E-state index < -0.39 is 0 Å². The van der Waals surface area contributed by atoms with Crippen molar-refractivity contribution in [2.45, 2.75) is 193 Å². The van der Waals surface area contributed by atoms with E-state index in [2.05, 4.69) is 13.8 Å². The van der Waals surface area contributed by atoms with E-state index in [1.54, 1.807) is 0 Å². The third-order valence-corrected chi connectivity index (χ3v) is 15.7. The maximum atomic E-state index is 12.2. The summed E-state index contributed by atoms with van der Waals surface area (Å²) in [6.45, 7) is 5.23. The predicted molar refractivity (Wildman–Crippen MR) is 181 cm³/mol. The zero-order valence-electron chi connectivity index (χ0n) is 28.7. The summed E-state index contributed by atoms with van der Waals surface area (Å²) in [4.78, 5) is 0. The van der Waals surface area contributed by atoms with Crippen molar-refractivity contribution in [2.75, 3.05) is 0 Å².